The molecule has 2 N–H and O–H groups in total. The second kappa shape index (κ2) is 11.3. The Kier molecular flexibility index (Phi) is 8.49. The smallest absolute Gasteiger partial charge is 0.191 e. The maximum atomic E-state index is 5.54. The molecule has 2 heterocycles. The van der Waals surface area contributed by atoms with Crippen LogP contribution in [0, 0.1) is 19.8 Å². The van der Waals surface area contributed by atoms with Crippen LogP contribution in [-0.2, 0) is 11.3 Å². The molecule has 0 saturated carbocycles. The normalized spacial score (nSPS) is 16.5. The van der Waals surface area contributed by atoms with Gasteiger partial charge in [0.1, 0.15) is 0 Å². The Morgan fingerprint density at radius 2 is 1.84 bits per heavy atom. The summed E-state index contributed by atoms with van der Waals surface area (Å²) in [6.07, 6.45) is 1.16. The minimum atomic E-state index is 0.478. The highest BCUT2D eigenvalue weighted by molar-refractivity contribution is 5.79. The maximum Gasteiger partial charge on any atom is 0.191 e. The number of aromatic nitrogens is 2. The summed E-state index contributed by atoms with van der Waals surface area (Å²) in [6.45, 7) is 14.0. The molecule has 1 unspecified atom stereocenters. The summed E-state index contributed by atoms with van der Waals surface area (Å²) in [4.78, 5) is 6.99. The van der Waals surface area contributed by atoms with E-state index >= 15 is 0 Å². The molecule has 31 heavy (non-hydrogen) atoms. The molecule has 7 nitrogen and oxygen atoms in total. The van der Waals surface area contributed by atoms with Crippen LogP contribution in [0.25, 0.3) is 5.69 Å². The molecular formula is C24H38N6O. The number of para-hydroxylation sites is 1. The zero-order chi connectivity index (χ0) is 22.2. The summed E-state index contributed by atoms with van der Waals surface area (Å²) in [5.74, 6) is 1.48. The molecular weight excluding hydrogens is 388 g/mol. The predicted octanol–water partition coefficient (Wildman–Crippen LogP) is 2.90. The molecule has 0 amide bonds. The van der Waals surface area contributed by atoms with Gasteiger partial charge in [0.25, 0.3) is 0 Å². The Morgan fingerprint density at radius 1 is 1.13 bits per heavy atom. The average molecular weight is 427 g/mol. The van der Waals surface area contributed by atoms with E-state index in [9.17, 15) is 0 Å². The lowest BCUT2D eigenvalue weighted by atomic mass is 10.0. The van der Waals surface area contributed by atoms with Crippen LogP contribution in [0.4, 0.5) is 0 Å². The predicted molar refractivity (Wildman–Crippen MR) is 127 cm³/mol. The van der Waals surface area contributed by atoms with Crippen molar-refractivity contribution < 1.29 is 4.74 Å². The van der Waals surface area contributed by atoms with E-state index in [-0.39, 0.29) is 0 Å². The van der Waals surface area contributed by atoms with E-state index in [4.69, 9.17) is 9.84 Å². The van der Waals surface area contributed by atoms with Crippen molar-refractivity contribution in [2.75, 3.05) is 39.9 Å². The first-order chi connectivity index (χ1) is 15.0. The first-order valence-corrected chi connectivity index (χ1v) is 11.4. The minimum absolute atomic E-state index is 0.478. The largest absolute Gasteiger partial charge is 0.379 e. The third-order valence-corrected chi connectivity index (χ3v) is 5.91. The molecule has 170 valence electrons. The SMILES string of the molecule is CN=C(NCc1c(C)nn(-c2ccccc2)c1C)NCC(CC(C)C)N1CCOCC1. The molecule has 0 bridgehead atoms. The first-order valence-electron chi connectivity index (χ1n) is 11.4. The lowest BCUT2D eigenvalue weighted by Gasteiger charge is -2.35. The highest BCUT2D eigenvalue weighted by Gasteiger charge is 2.22. The fourth-order valence-corrected chi connectivity index (χ4v) is 4.21. The molecule has 1 aliphatic heterocycles. The van der Waals surface area contributed by atoms with Crippen LogP contribution in [-0.4, -0.2) is 66.6 Å². The van der Waals surface area contributed by atoms with Gasteiger partial charge in [-0.3, -0.25) is 9.89 Å². The van der Waals surface area contributed by atoms with E-state index in [1.807, 2.05) is 29.9 Å². The molecule has 0 spiro atoms. The summed E-state index contributed by atoms with van der Waals surface area (Å²) in [6, 6.07) is 10.7. The number of rotatable bonds is 8. The Labute approximate surface area is 186 Å². The van der Waals surface area contributed by atoms with Crippen LogP contribution in [0.2, 0.25) is 0 Å². The van der Waals surface area contributed by atoms with Gasteiger partial charge in [-0.25, -0.2) is 4.68 Å². The standard InChI is InChI=1S/C24H38N6O/c1-18(2)15-22(29-11-13-31-14-12-29)16-26-24(25-5)27-17-23-19(3)28-30(20(23)4)21-9-7-6-8-10-21/h6-10,18,22H,11-17H2,1-5H3,(H2,25,26,27). The molecule has 1 atom stereocenters. The molecule has 3 rings (SSSR count). The number of hydrogen-bond acceptors (Lipinski definition) is 4. The van der Waals surface area contributed by atoms with Crippen molar-refractivity contribution >= 4 is 5.96 Å². The summed E-state index contributed by atoms with van der Waals surface area (Å²) in [7, 11) is 1.83. The van der Waals surface area contributed by atoms with Crippen molar-refractivity contribution in [2.45, 2.75) is 46.7 Å². The Bertz CT molecular complexity index is 839. The van der Waals surface area contributed by atoms with Crippen molar-refractivity contribution in [2.24, 2.45) is 10.9 Å². The molecule has 7 heteroatoms. The topological polar surface area (TPSA) is 66.7 Å². The maximum absolute atomic E-state index is 5.54. The number of guanidine groups is 1. The first kappa shape index (κ1) is 23.3. The highest BCUT2D eigenvalue weighted by atomic mass is 16.5. The van der Waals surface area contributed by atoms with Crippen molar-refractivity contribution in [3.63, 3.8) is 0 Å². The number of nitrogens with zero attached hydrogens (tertiary/aromatic N) is 4. The Morgan fingerprint density at radius 3 is 2.48 bits per heavy atom. The number of nitrogens with one attached hydrogen (secondary N) is 2. The molecule has 2 aromatic rings. The highest BCUT2D eigenvalue weighted by Crippen LogP contribution is 2.18. The van der Waals surface area contributed by atoms with Crippen molar-refractivity contribution in [1.29, 1.82) is 0 Å². The zero-order valence-electron chi connectivity index (χ0n) is 19.7. The molecule has 1 fully saturated rings. The van der Waals surface area contributed by atoms with Crippen molar-refractivity contribution in [3.8, 4) is 5.69 Å². The van der Waals surface area contributed by atoms with E-state index in [0.717, 1.165) is 62.3 Å². The fourth-order valence-electron chi connectivity index (χ4n) is 4.21. The van der Waals surface area contributed by atoms with Crippen molar-refractivity contribution in [3.05, 3.63) is 47.3 Å². The molecule has 1 aromatic heterocycles. The third-order valence-electron chi connectivity index (χ3n) is 5.91. The van der Waals surface area contributed by atoms with E-state index < -0.39 is 0 Å². The minimum Gasteiger partial charge on any atom is -0.379 e. The molecule has 0 aliphatic carbocycles. The van der Waals surface area contributed by atoms with Crippen LogP contribution in [0.5, 0.6) is 0 Å². The van der Waals surface area contributed by atoms with E-state index in [1.54, 1.807) is 0 Å². The Hall–Kier alpha value is -2.38. The fraction of sp³-hybridized carbons (Fsp3) is 0.583. The quantitative estimate of drug-likeness (QED) is 0.502. The van der Waals surface area contributed by atoms with Gasteiger partial charge < -0.3 is 15.4 Å². The van der Waals surface area contributed by atoms with Crippen molar-refractivity contribution in [1.82, 2.24) is 25.3 Å². The number of morpholine rings is 1. The number of hydrogen-bond donors (Lipinski definition) is 2. The van der Waals surface area contributed by atoms with Gasteiger partial charge in [-0.15, -0.1) is 0 Å². The van der Waals surface area contributed by atoms with Gasteiger partial charge >= 0.3 is 0 Å². The number of ether oxygens (including phenoxy) is 1. The monoisotopic (exact) mass is 426 g/mol. The van der Waals surface area contributed by atoms with Gasteiger partial charge in [-0.2, -0.15) is 5.10 Å². The van der Waals surface area contributed by atoms with Crippen LogP contribution >= 0.6 is 0 Å². The molecule has 1 aliphatic rings. The second-order valence-electron chi connectivity index (χ2n) is 8.64. The Balaban J connectivity index is 1.60. The van der Waals surface area contributed by atoms with Gasteiger partial charge in [-0.05, 0) is 38.3 Å². The van der Waals surface area contributed by atoms with Crippen LogP contribution < -0.4 is 10.6 Å². The van der Waals surface area contributed by atoms with Gasteiger partial charge in [0.15, 0.2) is 5.96 Å². The van der Waals surface area contributed by atoms with E-state index in [0.29, 0.717) is 18.5 Å². The zero-order valence-corrected chi connectivity index (χ0v) is 19.7. The van der Waals surface area contributed by atoms with E-state index in [2.05, 4.69) is 60.4 Å². The van der Waals surface area contributed by atoms with Gasteiger partial charge in [0, 0.05) is 50.5 Å². The van der Waals surface area contributed by atoms with Gasteiger partial charge in [0.05, 0.1) is 24.6 Å². The summed E-state index contributed by atoms with van der Waals surface area (Å²) < 4.78 is 7.55. The molecule has 1 aromatic carbocycles. The van der Waals surface area contributed by atoms with Crippen LogP contribution in [0.3, 0.4) is 0 Å². The molecule has 1 saturated heterocycles. The third kappa shape index (κ3) is 6.31. The van der Waals surface area contributed by atoms with Gasteiger partial charge in [-0.1, -0.05) is 32.0 Å². The van der Waals surface area contributed by atoms with Crippen LogP contribution in [0.1, 0.15) is 37.2 Å². The van der Waals surface area contributed by atoms with Crippen LogP contribution in [0.15, 0.2) is 35.3 Å². The number of aliphatic imine (C=N–C) groups is 1. The van der Waals surface area contributed by atoms with Gasteiger partial charge in [0.2, 0.25) is 0 Å². The lowest BCUT2D eigenvalue weighted by Crippen LogP contribution is -2.51. The average Bonchev–Trinajstić information content (AvgIpc) is 3.07. The summed E-state index contributed by atoms with van der Waals surface area (Å²) in [5, 5.41) is 11.8. The number of aryl methyl sites for hydroxylation is 1. The second-order valence-corrected chi connectivity index (χ2v) is 8.64. The summed E-state index contributed by atoms with van der Waals surface area (Å²) in [5.41, 5.74) is 4.48. The molecule has 0 radical (unpaired) electrons. The lowest BCUT2D eigenvalue weighted by molar-refractivity contribution is 0.0132. The number of benzene rings is 1. The summed E-state index contributed by atoms with van der Waals surface area (Å²) >= 11 is 0. The van der Waals surface area contributed by atoms with E-state index in [1.165, 1.54) is 5.56 Å².